The molecule has 0 amide bonds. The Hall–Kier alpha value is -0.710. The summed E-state index contributed by atoms with van der Waals surface area (Å²) in [4.78, 5) is 2.09. The first-order valence-electron chi connectivity index (χ1n) is 6.09. The molecule has 1 aliphatic heterocycles. The molecule has 0 spiro atoms. The van der Waals surface area contributed by atoms with E-state index in [1.165, 1.54) is 18.2 Å². The van der Waals surface area contributed by atoms with Gasteiger partial charge >= 0.3 is 0 Å². The van der Waals surface area contributed by atoms with Crippen molar-refractivity contribution in [3.05, 3.63) is 35.4 Å². The smallest absolute Gasteiger partial charge is 0.130 e. The van der Waals surface area contributed by atoms with Crippen LogP contribution in [0.1, 0.15) is 24.8 Å². The standard InChI is InChI=1S/C13H18F2N2.ClH/c14-12-5-3-6-13(15)11(12)9-17-7-2-1-4-10(17)8-16;/h3,5-6,10H,1-2,4,7-9,16H2;1H. The zero-order valence-electron chi connectivity index (χ0n) is 10.2. The van der Waals surface area contributed by atoms with Crippen LogP contribution in [-0.4, -0.2) is 24.0 Å². The van der Waals surface area contributed by atoms with Gasteiger partial charge in [0.1, 0.15) is 11.6 Å². The second-order valence-electron chi connectivity index (χ2n) is 4.56. The Morgan fingerprint density at radius 3 is 2.50 bits per heavy atom. The number of halogens is 3. The predicted octanol–water partition coefficient (Wildman–Crippen LogP) is 2.70. The van der Waals surface area contributed by atoms with Crippen LogP contribution in [0.25, 0.3) is 0 Å². The first-order chi connectivity index (χ1) is 8.22. The van der Waals surface area contributed by atoms with Crippen molar-refractivity contribution in [1.82, 2.24) is 4.90 Å². The number of rotatable bonds is 3. The first kappa shape index (κ1) is 15.3. The number of hydrogen-bond donors (Lipinski definition) is 1. The molecule has 1 unspecified atom stereocenters. The zero-order valence-corrected chi connectivity index (χ0v) is 11.1. The molecule has 1 saturated heterocycles. The van der Waals surface area contributed by atoms with E-state index in [2.05, 4.69) is 4.90 Å². The normalized spacial score (nSPS) is 20.5. The number of piperidine rings is 1. The second kappa shape index (κ2) is 7.02. The van der Waals surface area contributed by atoms with Crippen molar-refractivity contribution in [2.45, 2.75) is 31.8 Å². The van der Waals surface area contributed by atoms with E-state index in [9.17, 15) is 8.78 Å². The largest absolute Gasteiger partial charge is 0.329 e. The van der Waals surface area contributed by atoms with Gasteiger partial charge in [-0.1, -0.05) is 12.5 Å². The highest BCUT2D eigenvalue weighted by Crippen LogP contribution is 2.21. The van der Waals surface area contributed by atoms with E-state index in [1.807, 2.05) is 0 Å². The van der Waals surface area contributed by atoms with Gasteiger partial charge in [0.05, 0.1) is 0 Å². The van der Waals surface area contributed by atoms with Crippen molar-refractivity contribution < 1.29 is 8.78 Å². The molecule has 0 aromatic heterocycles. The summed E-state index contributed by atoms with van der Waals surface area (Å²) in [5.74, 6) is -0.933. The van der Waals surface area contributed by atoms with E-state index in [0.29, 0.717) is 13.1 Å². The van der Waals surface area contributed by atoms with Crippen molar-refractivity contribution in [3.8, 4) is 0 Å². The van der Waals surface area contributed by atoms with Crippen LogP contribution in [0.2, 0.25) is 0 Å². The van der Waals surface area contributed by atoms with Crippen LogP contribution in [0.5, 0.6) is 0 Å². The van der Waals surface area contributed by atoms with Crippen molar-refractivity contribution in [1.29, 1.82) is 0 Å². The molecule has 1 heterocycles. The van der Waals surface area contributed by atoms with E-state index >= 15 is 0 Å². The van der Waals surface area contributed by atoms with Gasteiger partial charge in [0, 0.05) is 24.7 Å². The summed E-state index contributed by atoms with van der Waals surface area (Å²) >= 11 is 0. The maximum atomic E-state index is 13.5. The summed E-state index contributed by atoms with van der Waals surface area (Å²) in [5, 5.41) is 0. The maximum Gasteiger partial charge on any atom is 0.130 e. The minimum atomic E-state index is -0.466. The molecule has 1 atom stereocenters. The number of nitrogens with zero attached hydrogens (tertiary/aromatic N) is 1. The van der Waals surface area contributed by atoms with Crippen LogP contribution < -0.4 is 5.73 Å². The van der Waals surface area contributed by atoms with Gasteiger partial charge in [-0.15, -0.1) is 12.4 Å². The summed E-state index contributed by atoms with van der Waals surface area (Å²) in [6.45, 7) is 1.74. The number of nitrogens with two attached hydrogens (primary N) is 1. The molecule has 0 radical (unpaired) electrons. The molecule has 1 aromatic carbocycles. The Kier molecular flexibility index (Phi) is 5.99. The lowest BCUT2D eigenvalue weighted by Gasteiger charge is -2.35. The summed E-state index contributed by atoms with van der Waals surface area (Å²) in [7, 11) is 0. The van der Waals surface area contributed by atoms with Gasteiger partial charge < -0.3 is 5.73 Å². The lowest BCUT2D eigenvalue weighted by Crippen LogP contribution is -2.43. The average Bonchev–Trinajstić information content (AvgIpc) is 2.34. The van der Waals surface area contributed by atoms with E-state index in [0.717, 1.165) is 25.8 Å². The summed E-state index contributed by atoms with van der Waals surface area (Å²) in [6, 6.07) is 4.26. The van der Waals surface area contributed by atoms with E-state index in [4.69, 9.17) is 5.73 Å². The third-order valence-corrected chi connectivity index (χ3v) is 3.44. The van der Waals surface area contributed by atoms with Crippen molar-refractivity contribution in [3.63, 3.8) is 0 Å². The Morgan fingerprint density at radius 1 is 1.22 bits per heavy atom. The van der Waals surface area contributed by atoms with Gasteiger partial charge in [-0.25, -0.2) is 8.78 Å². The molecule has 1 aliphatic rings. The van der Waals surface area contributed by atoms with Crippen LogP contribution >= 0.6 is 12.4 Å². The topological polar surface area (TPSA) is 29.3 Å². The average molecular weight is 277 g/mol. The molecular formula is C13H19ClF2N2. The maximum absolute atomic E-state index is 13.5. The van der Waals surface area contributed by atoms with E-state index < -0.39 is 11.6 Å². The monoisotopic (exact) mass is 276 g/mol. The van der Waals surface area contributed by atoms with Gasteiger partial charge in [0.25, 0.3) is 0 Å². The fourth-order valence-electron chi connectivity index (χ4n) is 2.42. The second-order valence-corrected chi connectivity index (χ2v) is 4.56. The number of likely N-dealkylation sites (tertiary alicyclic amines) is 1. The Bertz CT molecular complexity index is 367. The number of hydrogen-bond acceptors (Lipinski definition) is 2. The van der Waals surface area contributed by atoms with E-state index in [1.54, 1.807) is 0 Å². The van der Waals surface area contributed by atoms with Crippen molar-refractivity contribution in [2.24, 2.45) is 5.73 Å². The molecular weight excluding hydrogens is 258 g/mol. The van der Waals surface area contributed by atoms with Crippen LogP contribution in [0, 0.1) is 11.6 Å². The highest BCUT2D eigenvalue weighted by atomic mass is 35.5. The van der Waals surface area contributed by atoms with Crippen LogP contribution in [0.4, 0.5) is 8.78 Å². The van der Waals surface area contributed by atoms with Gasteiger partial charge in [-0.3, -0.25) is 4.90 Å². The quantitative estimate of drug-likeness (QED) is 0.920. The fourth-order valence-corrected chi connectivity index (χ4v) is 2.42. The molecule has 2 nitrogen and oxygen atoms in total. The molecule has 0 bridgehead atoms. The molecule has 0 saturated carbocycles. The Morgan fingerprint density at radius 2 is 1.89 bits per heavy atom. The van der Waals surface area contributed by atoms with Gasteiger partial charge in [0.15, 0.2) is 0 Å². The summed E-state index contributed by atoms with van der Waals surface area (Å²) in [5.41, 5.74) is 5.85. The first-order valence-corrected chi connectivity index (χ1v) is 6.09. The van der Waals surface area contributed by atoms with Gasteiger partial charge in [0.2, 0.25) is 0 Å². The van der Waals surface area contributed by atoms with Crippen LogP contribution in [0.15, 0.2) is 18.2 Å². The molecule has 0 aliphatic carbocycles. The van der Waals surface area contributed by atoms with Gasteiger partial charge in [-0.2, -0.15) is 0 Å². The minimum absolute atomic E-state index is 0. The Labute approximate surface area is 113 Å². The summed E-state index contributed by atoms with van der Waals surface area (Å²) < 4.78 is 27.1. The van der Waals surface area contributed by atoms with E-state index in [-0.39, 0.29) is 24.0 Å². The lowest BCUT2D eigenvalue weighted by atomic mass is 10.0. The molecule has 102 valence electrons. The van der Waals surface area contributed by atoms with Crippen molar-refractivity contribution in [2.75, 3.05) is 13.1 Å². The molecule has 1 aromatic rings. The molecule has 2 rings (SSSR count). The zero-order chi connectivity index (χ0) is 12.3. The highest BCUT2D eigenvalue weighted by Gasteiger charge is 2.23. The van der Waals surface area contributed by atoms with Crippen molar-refractivity contribution >= 4 is 12.4 Å². The molecule has 18 heavy (non-hydrogen) atoms. The fraction of sp³-hybridized carbons (Fsp3) is 0.538. The number of benzene rings is 1. The molecule has 5 heteroatoms. The molecule has 1 fully saturated rings. The van der Waals surface area contributed by atoms with Crippen LogP contribution in [0.3, 0.4) is 0 Å². The summed E-state index contributed by atoms with van der Waals surface area (Å²) in [6.07, 6.45) is 3.25. The predicted molar refractivity (Wildman–Crippen MR) is 70.7 cm³/mol. The Balaban J connectivity index is 0.00000162. The van der Waals surface area contributed by atoms with Gasteiger partial charge in [-0.05, 0) is 31.5 Å². The lowest BCUT2D eigenvalue weighted by molar-refractivity contribution is 0.141. The van der Waals surface area contributed by atoms with Crippen LogP contribution in [-0.2, 0) is 6.54 Å². The molecule has 2 N–H and O–H groups in total. The minimum Gasteiger partial charge on any atom is -0.329 e. The third kappa shape index (κ3) is 3.40. The SMILES string of the molecule is Cl.NCC1CCCCN1Cc1c(F)cccc1F. The highest BCUT2D eigenvalue weighted by molar-refractivity contribution is 5.85. The third-order valence-electron chi connectivity index (χ3n) is 3.44.